The van der Waals surface area contributed by atoms with Gasteiger partial charge in [-0.05, 0) is 149 Å². The fourth-order valence-corrected chi connectivity index (χ4v) is 9.96. The van der Waals surface area contributed by atoms with E-state index in [9.17, 15) is 0 Å². The smallest absolute Gasteiger partial charge is 0.0215 e. The maximum Gasteiger partial charge on any atom is 0.0215 e. The van der Waals surface area contributed by atoms with Gasteiger partial charge in [0, 0.05) is 10.3 Å². The molecule has 0 nitrogen and oxygen atoms in total. The second-order valence-corrected chi connectivity index (χ2v) is 16.4. The number of benzene rings is 8. The van der Waals surface area contributed by atoms with E-state index in [4.69, 9.17) is 12.6 Å². The fourth-order valence-electron chi connectivity index (χ4n) is 9.70. The van der Waals surface area contributed by atoms with Gasteiger partial charge in [0.25, 0.3) is 0 Å². The molecule has 9 rings (SSSR count). The van der Waals surface area contributed by atoms with Crippen molar-refractivity contribution in [1.29, 1.82) is 0 Å². The summed E-state index contributed by atoms with van der Waals surface area (Å²) in [5, 5.41) is 10.3. The average Bonchev–Trinajstić information content (AvgIpc) is 3.47. The summed E-state index contributed by atoms with van der Waals surface area (Å²) in [5.74, 6) is 0. The van der Waals surface area contributed by atoms with Crippen LogP contribution in [-0.2, 0) is 5.41 Å². The summed E-state index contributed by atoms with van der Waals surface area (Å²) in [4.78, 5) is 1.01. The highest BCUT2D eigenvalue weighted by atomic mass is 32.1. The quantitative estimate of drug-likeness (QED) is 0.0726. The lowest BCUT2D eigenvalue weighted by molar-refractivity contribution is 0.401. The first-order valence-electron chi connectivity index (χ1n) is 20.4. The van der Waals surface area contributed by atoms with Crippen LogP contribution in [0.4, 0.5) is 0 Å². The highest BCUT2D eigenvalue weighted by molar-refractivity contribution is 7.80. The van der Waals surface area contributed by atoms with E-state index in [-0.39, 0.29) is 5.41 Å². The molecule has 0 aromatic heterocycles. The maximum absolute atomic E-state index is 4.95. The van der Waals surface area contributed by atoms with Gasteiger partial charge < -0.3 is 0 Å². The standard InChI is InChI=1S/C53H50S/c1-3-5-7-13-26-53(27-14-8-6-4-2)51-33-41(45-21-15-20-40-28-36-16-9-11-18-38(36)31-48(40)45)22-24-46(51)47-25-23-42(34-52(47)53)50-35-44(54)30-43-29-37-17-10-12-19-39(37)32-49(43)50/h9-12,15-25,28-35,54H,3-8,13-14,26-27H2,1-2H3. The van der Waals surface area contributed by atoms with Crippen LogP contribution in [0.2, 0.25) is 0 Å². The van der Waals surface area contributed by atoms with Gasteiger partial charge >= 0.3 is 0 Å². The van der Waals surface area contributed by atoms with Crippen LogP contribution in [-0.4, -0.2) is 0 Å². The lowest BCUT2D eigenvalue weighted by atomic mass is 9.70. The molecule has 0 spiro atoms. The summed E-state index contributed by atoms with van der Waals surface area (Å²) in [6.45, 7) is 4.66. The fraction of sp³-hybridized carbons (Fsp3) is 0.245. The van der Waals surface area contributed by atoms with Gasteiger partial charge in [0.1, 0.15) is 0 Å². The van der Waals surface area contributed by atoms with Crippen molar-refractivity contribution >= 4 is 55.7 Å². The Bertz CT molecular complexity index is 2650. The van der Waals surface area contributed by atoms with Crippen LogP contribution >= 0.6 is 12.6 Å². The number of hydrogen-bond acceptors (Lipinski definition) is 1. The molecule has 8 aromatic rings. The van der Waals surface area contributed by atoms with Crippen molar-refractivity contribution in [1.82, 2.24) is 0 Å². The third-order valence-corrected chi connectivity index (χ3v) is 12.7. The van der Waals surface area contributed by atoms with Crippen LogP contribution in [0.3, 0.4) is 0 Å². The van der Waals surface area contributed by atoms with Crippen LogP contribution < -0.4 is 0 Å². The first-order valence-corrected chi connectivity index (χ1v) is 20.9. The molecule has 1 heteroatoms. The molecule has 0 fully saturated rings. The second-order valence-electron chi connectivity index (χ2n) is 15.9. The van der Waals surface area contributed by atoms with Gasteiger partial charge in [0.2, 0.25) is 0 Å². The molecule has 8 aromatic carbocycles. The first-order chi connectivity index (χ1) is 26.6. The summed E-state index contributed by atoms with van der Waals surface area (Å²) in [6.07, 6.45) is 12.5. The Hall–Kier alpha value is -4.85. The molecule has 0 saturated carbocycles. The highest BCUT2D eigenvalue weighted by Gasteiger charge is 2.42. The molecule has 0 radical (unpaired) electrons. The molecule has 0 aliphatic heterocycles. The van der Waals surface area contributed by atoms with Crippen LogP contribution in [0, 0.1) is 0 Å². The van der Waals surface area contributed by atoms with E-state index in [2.05, 4.69) is 153 Å². The minimum absolute atomic E-state index is 0.0312. The number of rotatable bonds is 12. The summed E-state index contributed by atoms with van der Waals surface area (Å²) in [6, 6.07) is 53.2. The maximum atomic E-state index is 4.95. The predicted molar refractivity (Wildman–Crippen MR) is 238 cm³/mol. The van der Waals surface area contributed by atoms with Gasteiger partial charge in [-0.2, -0.15) is 0 Å². The molecule has 0 amide bonds. The van der Waals surface area contributed by atoms with E-state index in [1.165, 1.54) is 152 Å². The predicted octanol–water partition coefficient (Wildman–Crippen LogP) is 16.1. The van der Waals surface area contributed by atoms with E-state index in [1.807, 2.05) is 0 Å². The van der Waals surface area contributed by atoms with E-state index < -0.39 is 0 Å². The molecule has 54 heavy (non-hydrogen) atoms. The third kappa shape index (κ3) is 6.21. The number of unbranched alkanes of at least 4 members (excludes halogenated alkanes) is 6. The third-order valence-electron chi connectivity index (χ3n) is 12.4. The minimum atomic E-state index is -0.0312. The van der Waals surface area contributed by atoms with E-state index in [0.717, 1.165) is 4.90 Å². The Labute approximate surface area is 326 Å². The van der Waals surface area contributed by atoms with Crippen LogP contribution in [0.1, 0.15) is 89.2 Å². The number of fused-ring (bicyclic) bond motifs is 7. The monoisotopic (exact) mass is 718 g/mol. The van der Waals surface area contributed by atoms with Gasteiger partial charge in [-0.15, -0.1) is 12.6 Å². The van der Waals surface area contributed by atoms with E-state index in [1.54, 1.807) is 0 Å². The molecule has 268 valence electrons. The highest BCUT2D eigenvalue weighted by Crippen LogP contribution is 2.56. The summed E-state index contributed by atoms with van der Waals surface area (Å²) in [7, 11) is 0. The lowest BCUT2D eigenvalue weighted by Crippen LogP contribution is -2.25. The zero-order chi connectivity index (χ0) is 36.6. The molecule has 0 bridgehead atoms. The van der Waals surface area contributed by atoms with Crippen molar-refractivity contribution in [2.24, 2.45) is 0 Å². The van der Waals surface area contributed by atoms with Gasteiger partial charge in [-0.25, -0.2) is 0 Å². The number of thiol groups is 1. The van der Waals surface area contributed by atoms with E-state index in [0.29, 0.717) is 0 Å². The van der Waals surface area contributed by atoms with Crippen molar-refractivity contribution in [2.45, 2.75) is 88.4 Å². The average molecular weight is 719 g/mol. The van der Waals surface area contributed by atoms with Crippen molar-refractivity contribution in [2.75, 3.05) is 0 Å². The Balaban J connectivity index is 1.24. The Morgan fingerprint density at radius 1 is 0.389 bits per heavy atom. The molecule has 0 N–H and O–H groups in total. The molecule has 0 atom stereocenters. The van der Waals surface area contributed by atoms with Gasteiger partial charge in [-0.3, -0.25) is 0 Å². The van der Waals surface area contributed by atoms with Crippen LogP contribution in [0.5, 0.6) is 0 Å². The van der Waals surface area contributed by atoms with Crippen molar-refractivity contribution in [3.05, 3.63) is 151 Å². The van der Waals surface area contributed by atoms with Gasteiger partial charge in [-0.1, -0.05) is 156 Å². The Morgan fingerprint density at radius 3 is 1.46 bits per heavy atom. The topological polar surface area (TPSA) is 0 Å². The SMILES string of the molecule is CCCCCCC1(CCCCCC)c2cc(-c3cccc4cc5ccccc5cc34)ccc2-c2ccc(-c3cc(S)cc4cc5ccccc5cc34)cc21. The molecule has 1 aliphatic carbocycles. The lowest BCUT2D eigenvalue weighted by Gasteiger charge is -2.33. The normalized spacial score (nSPS) is 13.2. The molecule has 0 saturated heterocycles. The van der Waals surface area contributed by atoms with Crippen LogP contribution in [0.15, 0.2) is 144 Å². The summed E-state index contributed by atoms with van der Waals surface area (Å²) < 4.78 is 0. The van der Waals surface area contributed by atoms with Gasteiger partial charge in [0.05, 0.1) is 0 Å². The van der Waals surface area contributed by atoms with Gasteiger partial charge in [0.15, 0.2) is 0 Å². The molecular weight excluding hydrogens is 669 g/mol. The van der Waals surface area contributed by atoms with Crippen molar-refractivity contribution in [3.63, 3.8) is 0 Å². The Morgan fingerprint density at radius 2 is 0.889 bits per heavy atom. The Kier molecular flexibility index (Phi) is 9.54. The minimum Gasteiger partial charge on any atom is -0.143 e. The first kappa shape index (κ1) is 34.9. The number of hydrogen-bond donors (Lipinski definition) is 1. The molecule has 1 aliphatic rings. The van der Waals surface area contributed by atoms with Crippen LogP contribution in [0.25, 0.3) is 76.5 Å². The van der Waals surface area contributed by atoms with Crippen molar-refractivity contribution in [3.8, 4) is 33.4 Å². The summed E-state index contributed by atoms with van der Waals surface area (Å²) >= 11 is 4.95. The zero-order valence-corrected chi connectivity index (χ0v) is 32.7. The molecule has 0 heterocycles. The largest absolute Gasteiger partial charge is 0.143 e. The molecular formula is C53H50S. The molecule has 0 unspecified atom stereocenters. The summed E-state index contributed by atoms with van der Waals surface area (Å²) in [5.41, 5.74) is 11.1. The second kappa shape index (κ2) is 14.8. The zero-order valence-electron chi connectivity index (χ0n) is 31.8. The van der Waals surface area contributed by atoms with Crippen molar-refractivity contribution < 1.29 is 0 Å². The van der Waals surface area contributed by atoms with E-state index >= 15 is 0 Å².